The molecule has 0 saturated carbocycles. The van der Waals surface area contributed by atoms with Gasteiger partial charge in [0.25, 0.3) is 0 Å². The number of benzene rings is 2. The maximum Gasteiger partial charge on any atom is 0.329 e. The van der Waals surface area contributed by atoms with Crippen molar-refractivity contribution in [1.82, 2.24) is 0 Å². The van der Waals surface area contributed by atoms with Crippen LogP contribution in [0.1, 0.15) is 35.6 Å². The molecule has 1 saturated heterocycles. The molecule has 29 heavy (non-hydrogen) atoms. The van der Waals surface area contributed by atoms with Crippen molar-refractivity contribution in [2.45, 2.75) is 31.7 Å². The summed E-state index contributed by atoms with van der Waals surface area (Å²) in [5, 5.41) is 3.19. The summed E-state index contributed by atoms with van der Waals surface area (Å²) in [6.07, 6.45) is 2.51. The second kappa shape index (κ2) is 8.03. The second-order valence-corrected chi connectivity index (χ2v) is 7.37. The molecule has 0 bridgehead atoms. The first-order valence-electron chi connectivity index (χ1n) is 9.81. The molecule has 2 aromatic carbocycles. The molecule has 1 heterocycles. The number of nitroso groups, excluding NO2 is 1. The summed E-state index contributed by atoms with van der Waals surface area (Å²) in [5.74, 6) is -0.232. The first-order valence-corrected chi connectivity index (χ1v) is 9.81. The number of aryl methyl sites for hydroxylation is 2. The minimum absolute atomic E-state index is 0.0599. The van der Waals surface area contributed by atoms with E-state index < -0.39 is 0 Å². The highest BCUT2D eigenvalue weighted by molar-refractivity contribution is 6.06. The number of rotatable bonds is 6. The molecule has 1 aliphatic carbocycles. The summed E-state index contributed by atoms with van der Waals surface area (Å²) in [6, 6.07) is 13.2. The van der Waals surface area contributed by atoms with Gasteiger partial charge in [0.1, 0.15) is 6.04 Å². The molecule has 2 amide bonds. The van der Waals surface area contributed by atoms with Crippen molar-refractivity contribution in [2.75, 3.05) is 30.0 Å². The van der Waals surface area contributed by atoms with E-state index in [1.807, 2.05) is 42.5 Å². The molecule has 0 aromatic heterocycles. The predicted molar refractivity (Wildman–Crippen MR) is 110 cm³/mol. The summed E-state index contributed by atoms with van der Waals surface area (Å²) in [5.41, 5.74) is 4.81. The molecular weight excluding hydrogens is 370 g/mol. The average Bonchev–Trinajstić information content (AvgIpc) is 3.35. The molecular formula is C22H23N3O4. The SMILES string of the molecule is COC(=O)CCc1ccc(N2CCN(c3ccc4c(c3)CCC4N=O)C2=O)cc1. The Hall–Kier alpha value is -3.22. The van der Waals surface area contributed by atoms with Gasteiger partial charge in [-0.25, -0.2) is 4.79 Å². The Kier molecular flexibility index (Phi) is 5.29. The van der Waals surface area contributed by atoms with Gasteiger partial charge in [-0.1, -0.05) is 23.4 Å². The van der Waals surface area contributed by atoms with Crippen LogP contribution in [0.3, 0.4) is 0 Å². The van der Waals surface area contributed by atoms with Crippen molar-refractivity contribution in [3.05, 3.63) is 64.1 Å². The van der Waals surface area contributed by atoms with E-state index in [4.69, 9.17) is 0 Å². The minimum atomic E-state index is -0.262. The molecule has 0 N–H and O–H groups in total. The molecule has 1 aliphatic heterocycles. The molecule has 150 valence electrons. The van der Waals surface area contributed by atoms with Gasteiger partial charge in [0.15, 0.2) is 0 Å². The number of hydrogen-bond acceptors (Lipinski definition) is 5. The molecule has 0 radical (unpaired) electrons. The van der Waals surface area contributed by atoms with Crippen LogP contribution in [-0.4, -0.2) is 32.2 Å². The molecule has 1 atom stereocenters. The number of anilines is 2. The fourth-order valence-corrected chi connectivity index (χ4v) is 4.07. The van der Waals surface area contributed by atoms with Crippen molar-refractivity contribution in [1.29, 1.82) is 0 Å². The van der Waals surface area contributed by atoms with Crippen LogP contribution in [0.5, 0.6) is 0 Å². The van der Waals surface area contributed by atoms with Crippen LogP contribution in [0.25, 0.3) is 0 Å². The van der Waals surface area contributed by atoms with E-state index in [0.29, 0.717) is 25.9 Å². The topological polar surface area (TPSA) is 79.3 Å². The van der Waals surface area contributed by atoms with Crippen LogP contribution in [0.2, 0.25) is 0 Å². The van der Waals surface area contributed by atoms with Crippen molar-refractivity contribution in [3.8, 4) is 0 Å². The lowest BCUT2D eigenvalue weighted by atomic mass is 10.1. The van der Waals surface area contributed by atoms with Crippen LogP contribution in [0.4, 0.5) is 16.2 Å². The summed E-state index contributed by atoms with van der Waals surface area (Å²) in [6.45, 7) is 1.22. The number of ether oxygens (including phenoxy) is 1. The van der Waals surface area contributed by atoms with Crippen molar-refractivity contribution >= 4 is 23.4 Å². The normalized spacial score (nSPS) is 18.1. The van der Waals surface area contributed by atoms with Gasteiger partial charge in [-0.2, -0.15) is 4.91 Å². The number of amides is 2. The molecule has 7 nitrogen and oxygen atoms in total. The quantitative estimate of drug-likeness (QED) is 0.549. The van der Waals surface area contributed by atoms with E-state index in [0.717, 1.165) is 40.9 Å². The molecule has 0 spiro atoms. The average molecular weight is 393 g/mol. The maximum absolute atomic E-state index is 13.0. The molecule has 7 heteroatoms. The van der Waals surface area contributed by atoms with Crippen LogP contribution < -0.4 is 9.80 Å². The smallest absolute Gasteiger partial charge is 0.329 e. The zero-order valence-electron chi connectivity index (χ0n) is 16.3. The molecule has 1 fully saturated rings. The number of urea groups is 1. The Bertz CT molecular complexity index is 942. The Labute approximate surface area is 169 Å². The summed E-state index contributed by atoms with van der Waals surface area (Å²) >= 11 is 0. The van der Waals surface area contributed by atoms with E-state index in [1.165, 1.54) is 7.11 Å². The fourth-order valence-electron chi connectivity index (χ4n) is 4.07. The summed E-state index contributed by atoms with van der Waals surface area (Å²) in [4.78, 5) is 38.7. The Morgan fingerprint density at radius 1 is 1.10 bits per heavy atom. The lowest BCUT2D eigenvalue weighted by Gasteiger charge is -2.20. The van der Waals surface area contributed by atoms with Crippen molar-refractivity contribution in [2.24, 2.45) is 5.18 Å². The van der Waals surface area contributed by atoms with Gasteiger partial charge in [0, 0.05) is 30.9 Å². The van der Waals surface area contributed by atoms with Gasteiger partial charge in [-0.15, -0.1) is 0 Å². The third-order valence-electron chi connectivity index (χ3n) is 5.71. The van der Waals surface area contributed by atoms with E-state index in [-0.39, 0.29) is 18.0 Å². The number of carbonyl (C=O) groups excluding carboxylic acids is 2. The van der Waals surface area contributed by atoms with E-state index in [1.54, 1.807) is 9.80 Å². The van der Waals surface area contributed by atoms with E-state index in [9.17, 15) is 14.5 Å². The van der Waals surface area contributed by atoms with Crippen LogP contribution >= 0.6 is 0 Å². The largest absolute Gasteiger partial charge is 0.469 e. The molecule has 2 aromatic rings. The number of hydrogen-bond donors (Lipinski definition) is 0. The monoisotopic (exact) mass is 393 g/mol. The Morgan fingerprint density at radius 2 is 1.79 bits per heavy atom. The lowest BCUT2D eigenvalue weighted by Crippen LogP contribution is -2.31. The number of fused-ring (bicyclic) bond motifs is 1. The third kappa shape index (κ3) is 3.72. The number of nitrogens with zero attached hydrogens (tertiary/aromatic N) is 3. The highest BCUT2D eigenvalue weighted by Gasteiger charge is 2.32. The maximum atomic E-state index is 13.0. The number of carbonyl (C=O) groups is 2. The van der Waals surface area contributed by atoms with Crippen molar-refractivity contribution in [3.63, 3.8) is 0 Å². The van der Waals surface area contributed by atoms with Gasteiger partial charge in [0.05, 0.1) is 7.11 Å². The van der Waals surface area contributed by atoms with Gasteiger partial charge < -0.3 is 4.74 Å². The van der Waals surface area contributed by atoms with Gasteiger partial charge in [-0.3, -0.25) is 14.6 Å². The van der Waals surface area contributed by atoms with Crippen LogP contribution in [-0.2, 0) is 22.4 Å². The first kappa shape index (κ1) is 19.1. The van der Waals surface area contributed by atoms with Crippen LogP contribution in [0.15, 0.2) is 47.6 Å². The summed E-state index contributed by atoms with van der Waals surface area (Å²) < 4.78 is 4.67. The third-order valence-corrected chi connectivity index (χ3v) is 5.71. The molecule has 2 aliphatic rings. The van der Waals surface area contributed by atoms with Crippen LogP contribution in [0, 0.1) is 4.91 Å². The van der Waals surface area contributed by atoms with Gasteiger partial charge >= 0.3 is 12.0 Å². The predicted octanol–water partition coefficient (Wildman–Crippen LogP) is 3.99. The number of methoxy groups -OCH3 is 1. The molecule has 4 rings (SSSR count). The van der Waals surface area contributed by atoms with Gasteiger partial charge in [-0.05, 0) is 60.2 Å². The lowest BCUT2D eigenvalue weighted by molar-refractivity contribution is -0.140. The zero-order valence-corrected chi connectivity index (χ0v) is 16.3. The van der Waals surface area contributed by atoms with Gasteiger partial charge in [0.2, 0.25) is 0 Å². The second-order valence-electron chi connectivity index (χ2n) is 7.37. The van der Waals surface area contributed by atoms with E-state index >= 15 is 0 Å². The number of esters is 1. The minimum Gasteiger partial charge on any atom is -0.469 e. The van der Waals surface area contributed by atoms with E-state index in [2.05, 4.69) is 9.91 Å². The Balaban J connectivity index is 1.45. The first-order chi connectivity index (χ1) is 14.1. The highest BCUT2D eigenvalue weighted by Crippen LogP contribution is 2.37. The summed E-state index contributed by atoms with van der Waals surface area (Å²) in [7, 11) is 1.38. The molecule has 1 unspecified atom stereocenters. The zero-order chi connectivity index (χ0) is 20.4. The highest BCUT2D eigenvalue weighted by atomic mass is 16.5. The van der Waals surface area contributed by atoms with Crippen molar-refractivity contribution < 1.29 is 14.3 Å². The standard InChI is InChI=1S/C22H23N3O4/c1-29-21(26)11-4-15-2-6-17(7-3-15)24-12-13-25(22(24)27)18-8-9-19-16(14-18)5-10-20(19)23-28/h2-3,6-9,14,20H,4-5,10-13H2,1H3. The Morgan fingerprint density at radius 3 is 2.48 bits per heavy atom. The fraction of sp³-hybridized carbons (Fsp3) is 0.364.